The number of carbonyl (C=O) groups excluding carboxylic acids is 1. The van der Waals surface area contributed by atoms with E-state index in [0.717, 1.165) is 41.6 Å². The molecule has 3 aliphatic rings. The Morgan fingerprint density at radius 3 is 2.49 bits per heavy atom. The Morgan fingerprint density at radius 2 is 1.77 bits per heavy atom. The summed E-state index contributed by atoms with van der Waals surface area (Å²) < 4.78 is 1.99. The number of fused-ring (bicyclic) bond motifs is 1. The number of para-hydroxylation sites is 1. The molecule has 2 atom stereocenters. The SMILES string of the molecule is O=C([C@@H]1CCNC[C@H]1c1ccccc1)N1CCC(O)(CN2C=c3cc(CO)n(-c4ccccc4)c3=NC2)CC1. The number of likely N-dealkylation sites (tertiary alicyclic amines) is 1. The van der Waals surface area contributed by atoms with E-state index in [4.69, 9.17) is 4.99 Å². The highest BCUT2D eigenvalue weighted by Crippen LogP contribution is 2.33. The van der Waals surface area contributed by atoms with Crippen molar-refractivity contribution in [1.29, 1.82) is 0 Å². The van der Waals surface area contributed by atoms with Crippen LogP contribution in [0.3, 0.4) is 0 Å². The molecule has 3 aromatic rings. The van der Waals surface area contributed by atoms with E-state index in [1.807, 2.05) is 70.3 Å². The summed E-state index contributed by atoms with van der Waals surface area (Å²) in [5.74, 6) is 0.372. The number of aliphatic hydroxyl groups excluding tert-OH is 1. The number of hydrogen-bond acceptors (Lipinski definition) is 6. The van der Waals surface area contributed by atoms with E-state index in [0.29, 0.717) is 39.1 Å². The predicted molar refractivity (Wildman–Crippen MR) is 149 cm³/mol. The number of hydrogen-bond donors (Lipinski definition) is 3. The molecular weight excluding hydrogens is 490 g/mol. The molecule has 0 unspecified atom stereocenters. The molecule has 2 fully saturated rings. The largest absolute Gasteiger partial charge is 0.390 e. The molecule has 2 saturated heterocycles. The molecule has 0 spiro atoms. The van der Waals surface area contributed by atoms with E-state index < -0.39 is 5.60 Å². The van der Waals surface area contributed by atoms with Crippen molar-refractivity contribution < 1.29 is 15.0 Å². The number of β-amino-alcohol motifs (C(OH)–C–C–N with tert-alkyl or cyclic N) is 1. The van der Waals surface area contributed by atoms with Crippen LogP contribution >= 0.6 is 0 Å². The zero-order chi connectivity index (χ0) is 26.8. The highest BCUT2D eigenvalue weighted by Gasteiger charge is 2.39. The Bertz CT molecular complexity index is 1410. The van der Waals surface area contributed by atoms with Gasteiger partial charge < -0.3 is 25.3 Å². The number of carbonyl (C=O) groups is 1. The van der Waals surface area contributed by atoms with Crippen LogP contribution in [0.25, 0.3) is 11.9 Å². The monoisotopic (exact) mass is 527 g/mol. The van der Waals surface area contributed by atoms with Gasteiger partial charge in [0, 0.05) is 55.1 Å². The zero-order valence-corrected chi connectivity index (χ0v) is 22.2. The Hall–Kier alpha value is -3.46. The van der Waals surface area contributed by atoms with Crippen LogP contribution in [0, 0.1) is 5.92 Å². The molecule has 2 aromatic carbocycles. The van der Waals surface area contributed by atoms with E-state index in [1.54, 1.807) is 0 Å². The number of nitrogens with one attached hydrogen (secondary N) is 1. The maximum Gasteiger partial charge on any atom is 0.226 e. The molecule has 4 heterocycles. The van der Waals surface area contributed by atoms with Crippen molar-refractivity contribution >= 4 is 12.1 Å². The molecule has 0 saturated carbocycles. The van der Waals surface area contributed by atoms with Crippen LogP contribution in [-0.4, -0.2) is 75.5 Å². The first-order valence-corrected chi connectivity index (χ1v) is 14.0. The maximum atomic E-state index is 13.6. The summed E-state index contributed by atoms with van der Waals surface area (Å²) in [6.45, 7) is 3.63. The van der Waals surface area contributed by atoms with Crippen LogP contribution in [-0.2, 0) is 11.4 Å². The normalized spacial score (nSPS) is 22.5. The first-order chi connectivity index (χ1) is 19.0. The van der Waals surface area contributed by atoms with Gasteiger partial charge in [0.2, 0.25) is 5.91 Å². The molecule has 39 heavy (non-hydrogen) atoms. The third kappa shape index (κ3) is 5.24. The van der Waals surface area contributed by atoms with Crippen LogP contribution in [0.4, 0.5) is 0 Å². The quantitative estimate of drug-likeness (QED) is 0.450. The summed E-state index contributed by atoms with van der Waals surface area (Å²) in [6.07, 6.45) is 3.97. The number of piperidine rings is 2. The van der Waals surface area contributed by atoms with E-state index in [-0.39, 0.29) is 24.3 Å². The number of benzene rings is 2. The smallest absolute Gasteiger partial charge is 0.226 e. The molecule has 8 heteroatoms. The highest BCUT2D eigenvalue weighted by atomic mass is 16.3. The van der Waals surface area contributed by atoms with Crippen molar-refractivity contribution in [3.05, 3.63) is 88.7 Å². The van der Waals surface area contributed by atoms with E-state index in [1.165, 1.54) is 5.56 Å². The number of nitrogens with zero attached hydrogens (tertiary/aromatic N) is 4. The van der Waals surface area contributed by atoms with Gasteiger partial charge in [0.1, 0.15) is 12.2 Å². The van der Waals surface area contributed by atoms with Gasteiger partial charge in [-0.25, -0.2) is 4.99 Å². The van der Waals surface area contributed by atoms with Crippen molar-refractivity contribution in [3.63, 3.8) is 0 Å². The van der Waals surface area contributed by atoms with Crippen LogP contribution in [0.5, 0.6) is 0 Å². The van der Waals surface area contributed by atoms with Crippen molar-refractivity contribution in [3.8, 4) is 5.69 Å². The lowest BCUT2D eigenvalue weighted by Gasteiger charge is -2.43. The summed E-state index contributed by atoms with van der Waals surface area (Å²) in [5.41, 5.74) is 2.90. The van der Waals surface area contributed by atoms with Crippen LogP contribution in [0.15, 0.2) is 71.7 Å². The number of amides is 1. The van der Waals surface area contributed by atoms with Gasteiger partial charge in [-0.15, -0.1) is 0 Å². The summed E-state index contributed by atoms with van der Waals surface area (Å²) in [4.78, 5) is 22.5. The minimum atomic E-state index is -0.880. The number of aliphatic hydroxyl groups is 2. The van der Waals surface area contributed by atoms with Crippen LogP contribution < -0.4 is 16.0 Å². The first-order valence-electron chi connectivity index (χ1n) is 14.0. The van der Waals surface area contributed by atoms with Crippen molar-refractivity contribution in [1.82, 2.24) is 19.7 Å². The lowest BCUT2D eigenvalue weighted by atomic mass is 9.80. The maximum absolute atomic E-state index is 13.6. The van der Waals surface area contributed by atoms with Crippen molar-refractivity contribution in [2.75, 3.05) is 39.4 Å². The van der Waals surface area contributed by atoms with E-state index in [9.17, 15) is 15.0 Å². The topological polar surface area (TPSA) is 93.3 Å². The first kappa shape index (κ1) is 25.8. The molecule has 0 aliphatic carbocycles. The molecule has 1 amide bonds. The van der Waals surface area contributed by atoms with Crippen LogP contribution in [0.2, 0.25) is 0 Å². The molecule has 3 N–H and O–H groups in total. The average molecular weight is 528 g/mol. The van der Waals surface area contributed by atoms with Crippen molar-refractivity contribution in [2.45, 2.75) is 37.4 Å². The molecule has 0 bridgehead atoms. The average Bonchev–Trinajstić information content (AvgIpc) is 3.36. The van der Waals surface area contributed by atoms with Gasteiger partial charge in [-0.3, -0.25) is 9.36 Å². The standard InChI is InChI=1S/C31H37N5O3/c37-20-26-17-24-19-34(22-33-29(24)36(26)25-9-5-2-6-10-25)21-31(39)12-15-35(16-13-31)30(38)27-11-14-32-18-28(27)23-7-3-1-4-8-23/h1-10,17,19,27-28,32,37,39H,11-16,18,20-22H2/t27-,28+/m1/s1. The third-order valence-electron chi connectivity index (χ3n) is 8.51. The second kappa shape index (κ2) is 11.0. The van der Waals surface area contributed by atoms with Crippen LogP contribution in [0.1, 0.15) is 36.4 Å². The second-order valence-corrected chi connectivity index (χ2v) is 11.1. The molecule has 3 aliphatic heterocycles. The van der Waals surface area contributed by atoms with Crippen molar-refractivity contribution in [2.24, 2.45) is 10.9 Å². The summed E-state index contributed by atoms with van der Waals surface area (Å²) in [6, 6.07) is 22.2. The lowest BCUT2D eigenvalue weighted by Crippen LogP contribution is -2.54. The molecule has 6 rings (SSSR count). The molecule has 0 radical (unpaired) electrons. The molecule has 204 valence electrons. The molecule has 8 nitrogen and oxygen atoms in total. The predicted octanol–water partition coefficient (Wildman–Crippen LogP) is 1.35. The zero-order valence-electron chi connectivity index (χ0n) is 22.2. The van der Waals surface area contributed by atoms with Gasteiger partial charge in [0.25, 0.3) is 0 Å². The summed E-state index contributed by atoms with van der Waals surface area (Å²) in [5, 5.41) is 25.9. The van der Waals surface area contributed by atoms with E-state index >= 15 is 0 Å². The second-order valence-electron chi connectivity index (χ2n) is 11.1. The fourth-order valence-corrected chi connectivity index (χ4v) is 6.42. The van der Waals surface area contributed by atoms with Gasteiger partial charge >= 0.3 is 0 Å². The van der Waals surface area contributed by atoms with E-state index in [2.05, 4.69) is 22.3 Å². The minimum Gasteiger partial charge on any atom is -0.390 e. The Kier molecular flexibility index (Phi) is 7.25. The lowest BCUT2D eigenvalue weighted by molar-refractivity contribution is -0.141. The fourth-order valence-electron chi connectivity index (χ4n) is 6.42. The minimum absolute atomic E-state index is 0.0261. The number of rotatable bonds is 6. The fraction of sp³-hybridized carbons (Fsp3) is 0.419. The van der Waals surface area contributed by atoms with Gasteiger partial charge in [-0.05, 0) is 49.6 Å². The Balaban J connectivity index is 1.12. The molecular formula is C31H37N5O3. The van der Waals surface area contributed by atoms with Gasteiger partial charge in [0.15, 0.2) is 0 Å². The Labute approximate surface area is 228 Å². The van der Waals surface area contributed by atoms with Gasteiger partial charge in [0.05, 0.1) is 17.9 Å². The van der Waals surface area contributed by atoms with Gasteiger partial charge in [-0.2, -0.15) is 0 Å². The Morgan fingerprint density at radius 1 is 1.05 bits per heavy atom. The molecule has 1 aromatic heterocycles. The summed E-state index contributed by atoms with van der Waals surface area (Å²) >= 11 is 0. The summed E-state index contributed by atoms with van der Waals surface area (Å²) in [7, 11) is 0. The van der Waals surface area contributed by atoms with Gasteiger partial charge in [-0.1, -0.05) is 48.5 Å². The third-order valence-corrected chi connectivity index (χ3v) is 8.51. The highest BCUT2D eigenvalue weighted by molar-refractivity contribution is 5.80. The number of aromatic nitrogens is 1.